The molecule has 0 fully saturated rings. The van der Waals surface area contributed by atoms with Crippen molar-refractivity contribution in [3.05, 3.63) is 58.9 Å². The van der Waals surface area contributed by atoms with Crippen molar-refractivity contribution in [1.29, 1.82) is 0 Å². The Morgan fingerprint density at radius 2 is 2.08 bits per heavy atom. The van der Waals surface area contributed by atoms with Gasteiger partial charge in [-0.2, -0.15) is 0 Å². The molecule has 0 aliphatic carbocycles. The normalized spacial score (nSPS) is 10.8. The fourth-order valence-corrected chi connectivity index (χ4v) is 3.44. The first-order chi connectivity index (χ1) is 12.1. The predicted molar refractivity (Wildman–Crippen MR) is 94.0 cm³/mol. The van der Waals surface area contributed by atoms with E-state index in [1.165, 1.54) is 17.4 Å². The largest absolute Gasteiger partial charge is 0.461 e. The molecular weight excluding hydrogens is 343 g/mol. The third-order valence-electron chi connectivity index (χ3n) is 3.72. The van der Waals surface area contributed by atoms with Gasteiger partial charge in [-0.15, -0.1) is 11.3 Å². The third kappa shape index (κ3) is 3.71. The van der Waals surface area contributed by atoms with E-state index in [1.54, 1.807) is 35.8 Å². The number of carbonyl (C=O) groups excluding carboxylic acids is 2. The highest BCUT2D eigenvalue weighted by molar-refractivity contribution is 7.16. The number of thiophene rings is 1. The molecule has 3 rings (SSSR count). The Hall–Kier alpha value is -2.67. The average Bonchev–Trinajstić information content (AvgIpc) is 3.17. The second-order valence-corrected chi connectivity index (χ2v) is 6.28. The van der Waals surface area contributed by atoms with Crippen molar-refractivity contribution in [2.45, 2.75) is 20.0 Å². The highest BCUT2D eigenvalue weighted by Crippen LogP contribution is 2.25. The summed E-state index contributed by atoms with van der Waals surface area (Å²) in [5.74, 6) is -1.14. The maximum Gasteiger partial charge on any atom is 0.355 e. The van der Waals surface area contributed by atoms with Crippen LogP contribution < -0.4 is 5.32 Å². The molecule has 0 aliphatic heterocycles. The van der Waals surface area contributed by atoms with Gasteiger partial charge in [0.15, 0.2) is 0 Å². The molecular formula is C18H17FN2O3S. The molecule has 2 heterocycles. The summed E-state index contributed by atoms with van der Waals surface area (Å²) in [5, 5.41) is 5.47. The molecule has 3 aromatic rings. The highest BCUT2D eigenvalue weighted by Gasteiger charge is 2.19. The second kappa shape index (κ2) is 7.48. The van der Waals surface area contributed by atoms with Crippen molar-refractivity contribution in [2.24, 2.45) is 0 Å². The van der Waals surface area contributed by atoms with Crippen LogP contribution in [-0.4, -0.2) is 23.1 Å². The lowest BCUT2D eigenvalue weighted by atomic mass is 10.2. The zero-order chi connectivity index (χ0) is 17.8. The van der Waals surface area contributed by atoms with Crippen molar-refractivity contribution in [2.75, 3.05) is 6.61 Å². The first-order valence-electron chi connectivity index (χ1n) is 7.84. The first-order valence-corrected chi connectivity index (χ1v) is 8.72. The van der Waals surface area contributed by atoms with Crippen molar-refractivity contribution in [3.63, 3.8) is 0 Å². The van der Waals surface area contributed by atoms with Gasteiger partial charge in [0, 0.05) is 17.5 Å². The fraction of sp³-hybridized carbons (Fsp3) is 0.222. The molecule has 0 atom stereocenters. The molecule has 0 unspecified atom stereocenters. The molecule has 0 saturated heterocycles. The number of nitrogens with one attached hydrogen (secondary N) is 1. The van der Waals surface area contributed by atoms with E-state index in [2.05, 4.69) is 5.32 Å². The Balaban J connectivity index is 1.76. The summed E-state index contributed by atoms with van der Waals surface area (Å²) >= 11 is 1.44. The second-order valence-electron chi connectivity index (χ2n) is 5.39. The molecule has 1 aromatic carbocycles. The summed E-state index contributed by atoms with van der Waals surface area (Å²) in [6.45, 7) is 2.05. The van der Waals surface area contributed by atoms with Gasteiger partial charge in [0.1, 0.15) is 22.9 Å². The SMILES string of the molecule is CCOC(=O)c1cc2ccsc2n1CC(=O)NCc1ccccc1F. The van der Waals surface area contributed by atoms with Crippen LogP contribution in [0.1, 0.15) is 23.0 Å². The van der Waals surface area contributed by atoms with E-state index in [0.717, 1.165) is 10.2 Å². The van der Waals surface area contributed by atoms with Crippen LogP contribution in [0.4, 0.5) is 4.39 Å². The van der Waals surface area contributed by atoms with Crippen LogP contribution in [0.15, 0.2) is 41.8 Å². The number of nitrogens with zero attached hydrogens (tertiary/aromatic N) is 1. The Kier molecular flexibility index (Phi) is 5.14. The molecule has 0 radical (unpaired) electrons. The molecule has 2 aromatic heterocycles. The number of amides is 1. The number of ether oxygens (including phenoxy) is 1. The molecule has 7 heteroatoms. The van der Waals surface area contributed by atoms with E-state index in [9.17, 15) is 14.0 Å². The minimum absolute atomic E-state index is 0.0351. The summed E-state index contributed by atoms with van der Waals surface area (Å²) in [5.41, 5.74) is 0.750. The fourth-order valence-electron chi connectivity index (χ4n) is 2.54. The molecule has 0 aliphatic rings. The van der Waals surface area contributed by atoms with Gasteiger partial charge >= 0.3 is 5.97 Å². The lowest BCUT2D eigenvalue weighted by Gasteiger charge is -2.10. The molecule has 25 heavy (non-hydrogen) atoms. The van der Waals surface area contributed by atoms with Gasteiger partial charge in [-0.1, -0.05) is 18.2 Å². The predicted octanol–water partition coefficient (Wildman–Crippen LogP) is 3.34. The van der Waals surface area contributed by atoms with Crippen molar-refractivity contribution in [3.8, 4) is 0 Å². The number of rotatable bonds is 6. The Morgan fingerprint density at radius 3 is 2.84 bits per heavy atom. The summed E-state index contributed by atoms with van der Waals surface area (Å²) in [4.78, 5) is 25.2. The van der Waals surface area contributed by atoms with Crippen LogP contribution in [-0.2, 0) is 22.6 Å². The summed E-state index contributed by atoms with van der Waals surface area (Å²) < 4.78 is 20.3. The van der Waals surface area contributed by atoms with Crippen LogP contribution in [0.5, 0.6) is 0 Å². The average molecular weight is 360 g/mol. The van der Waals surface area contributed by atoms with E-state index >= 15 is 0 Å². The summed E-state index contributed by atoms with van der Waals surface area (Å²) in [7, 11) is 0. The Morgan fingerprint density at radius 1 is 1.28 bits per heavy atom. The minimum Gasteiger partial charge on any atom is -0.461 e. The zero-order valence-corrected chi connectivity index (χ0v) is 14.4. The Bertz CT molecular complexity index is 916. The smallest absolute Gasteiger partial charge is 0.355 e. The number of carbonyl (C=O) groups is 2. The first kappa shape index (κ1) is 17.2. The quantitative estimate of drug-likeness (QED) is 0.686. The lowest BCUT2D eigenvalue weighted by Crippen LogP contribution is -2.28. The summed E-state index contributed by atoms with van der Waals surface area (Å²) in [6.07, 6.45) is 0. The van der Waals surface area contributed by atoms with Gasteiger partial charge in [0.25, 0.3) is 0 Å². The van der Waals surface area contributed by atoms with E-state index in [4.69, 9.17) is 4.74 Å². The summed E-state index contributed by atoms with van der Waals surface area (Å²) in [6, 6.07) is 9.88. The van der Waals surface area contributed by atoms with Crippen LogP contribution in [0.3, 0.4) is 0 Å². The van der Waals surface area contributed by atoms with Crippen molar-refractivity contribution >= 4 is 33.4 Å². The number of benzene rings is 1. The Labute approximate surface area is 148 Å². The topological polar surface area (TPSA) is 60.3 Å². The highest BCUT2D eigenvalue weighted by atomic mass is 32.1. The van der Waals surface area contributed by atoms with E-state index < -0.39 is 5.97 Å². The van der Waals surface area contributed by atoms with Crippen LogP contribution in [0, 0.1) is 5.82 Å². The molecule has 5 nitrogen and oxygen atoms in total. The molecule has 1 N–H and O–H groups in total. The monoisotopic (exact) mass is 360 g/mol. The van der Waals surface area contributed by atoms with Crippen LogP contribution in [0.2, 0.25) is 0 Å². The van der Waals surface area contributed by atoms with Gasteiger partial charge in [0.2, 0.25) is 5.91 Å². The molecule has 1 amide bonds. The maximum absolute atomic E-state index is 13.6. The number of hydrogen-bond donors (Lipinski definition) is 1. The number of halogens is 1. The van der Waals surface area contributed by atoms with Gasteiger partial charge in [0.05, 0.1) is 6.61 Å². The van der Waals surface area contributed by atoms with Crippen LogP contribution >= 0.6 is 11.3 Å². The number of hydrogen-bond acceptors (Lipinski definition) is 4. The van der Waals surface area contributed by atoms with Crippen molar-refractivity contribution in [1.82, 2.24) is 9.88 Å². The third-order valence-corrected chi connectivity index (χ3v) is 4.67. The van der Waals surface area contributed by atoms with Gasteiger partial charge in [-0.25, -0.2) is 9.18 Å². The van der Waals surface area contributed by atoms with Gasteiger partial charge in [-0.3, -0.25) is 4.79 Å². The number of fused-ring (bicyclic) bond motifs is 1. The standard InChI is InChI=1S/C18H17FN2O3S/c1-2-24-18(23)15-9-12-7-8-25-17(12)21(15)11-16(22)20-10-13-5-3-4-6-14(13)19/h3-9H,2,10-11H2,1H3,(H,20,22). The minimum atomic E-state index is -0.465. The van der Waals surface area contributed by atoms with E-state index in [1.807, 2.05) is 11.4 Å². The van der Waals surface area contributed by atoms with E-state index in [-0.39, 0.29) is 31.4 Å². The molecule has 130 valence electrons. The molecule has 0 spiro atoms. The lowest BCUT2D eigenvalue weighted by molar-refractivity contribution is -0.121. The zero-order valence-electron chi connectivity index (χ0n) is 13.6. The maximum atomic E-state index is 13.6. The number of aromatic nitrogens is 1. The van der Waals surface area contributed by atoms with Crippen LogP contribution in [0.25, 0.3) is 10.2 Å². The molecule has 0 bridgehead atoms. The van der Waals surface area contributed by atoms with E-state index in [0.29, 0.717) is 11.3 Å². The van der Waals surface area contributed by atoms with Crippen molar-refractivity contribution < 1.29 is 18.7 Å². The van der Waals surface area contributed by atoms with Gasteiger partial charge in [-0.05, 0) is 30.5 Å². The van der Waals surface area contributed by atoms with Gasteiger partial charge < -0.3 is 14.6 Å². The number of esters is 1. The molecule has 0 saturated carbocycles.